The Morgan fingerprint density at radius 1 is 0.463 bits per heavy atom. The lowest BCUT2D eigenvalue weighted by molar-refractivity contribution is -0.149. The topological polar surface area (TPSA) is 52.6 Å². The van der Waals surface area contributed by atoms with Crippen LogP contribution in [0.3, 0.4) is 0 Å². The minimum absolute atomic E-state index is 0.00251. The van der Waals surface area contributed by atoms with Crippen molar-refractivity contribution in [2.24, 2.45) is 17.8 Å². The van der Waals surface area contributed by atoms with Crippen molar-refractivity contribution in [1.29, 1.82) is 0 Å². The fourth-order valence-electron chi connectivity index (χ4n) is 5.48. The van der Waals surface area contributed by atoms with Gasteiger partial charge >= 0.3 is 11.9 Å². The summed E-state index contributed by atoms with van der Waals surface area (Å²) in [7, 11) is 0. The average Bonchev–Trinajstić information content (AvgIpc) is 2.93. The molecule has 0 fully saturated rings. The van der Waals surface area contributed by atoms with Gasteiger partial charge in [-0.3, -0.25) is 9.59 Å². The summed E-state index contributed by atoms with van der Waals surface area (Å²) in [5.74, 6) is 1.67. The molecule has 4 nitrogen and oxygen atoms in total. The Kier molecular flexibility index (Phi) is 29.6. The van der Waals surface area contributed by atoms with Crippen LogP contribution in [0.1, 0.15) is 195 Å². The number of carbonyl (C=O) groups is 2. The third kappa shape index (κ3) is 30.2. The Bertz CT molecular complexity index is 571. The molecule has 1 atom stereocenters. The average molecular weight is 581 g/mol. The Balaban J connectivity index is 3.38. The second-order valence-electron chi connectivity index (χ2n) is 13.5. The molecule has 0 N–H and O–H groups in total. The van der Waals surface area contributed by atoms with Gasteiger partial charge in [0.15, 0.2) is 0 Å². The molecule has 0 aromatic heterocycles. The van der Waals surface area contributed by atoms with Crippen LogP contribution in [0.2, 0.25) is 0 Å². The van der Waals surface area contributed by atoms with E-state index in [-0.39, 0.29) is 17.9 Å². The zero-order valence-corrected chi connectivity index (χ0v) is 28.5. The van der Waals surface area contributed by atoms with Gasteiger partial charge in [0, 0.05) is 6.42 Å². The summed E-state index contributed by atoms with van der Waals surface area (Å²) in [5.41, 5.74) is 0. The monoisotopic (exact) mass is 581 g/mol. The van der Waals surface area contributed by atoms with Crippen molar-refractivity contribution in [2.75, 3.05) is 13.2 Å². The Morgan fingerprint density at radius 3 is 1.27 bits per heavy atom. The quantitative estimate of drug-likeness (QED) is 0.0604. The molecule has 4 heteroatoms. The summed E-state index contributed by atoms with van der Waals surface area (Å²) in [4.78, 5) is 24.2. The van der Waals surface area contributed by atoms with E-state index in [0.29, 0.717) is 19.6 Å². The van der Waals surface area contributed by atoms with Crippen LogP contribution in [0.4, 0.5) is 0 Å². The normalized spacial score (nSPS) is 12.3. The van der Waals surface area contributed by atoms with Crippen molar-refractivity contribution in [3.8, 4) is 0 Å². The van der Waals surface area contributed by atoms with Gasteiger partial charge < -0.3 is 9.47 Å². The van der Waals surface area contributed by atoms with Gasteiger partial charge in [0.2, 0.25) is 0 Å². The summed E-state index contributed by atoms with van der Waals surface area (Å²) in [6.07, 6.45) is 29.7. The second-order valence-corrected chi connectivity index (χ2v) is 13.5. The van der Waals surface area contributed by atoms with Crippen molar-refractivity contribution < 1.29 is 19.1 Å². The largest absolute Gasteiger partial charge is 0.466 e. The molecule has 0 bridgehead atoms. The van der Waals surface area contributed by atoms with E-state index in [1.165, 1.54) is 109 Å². The molecule has 0 rings (SSSR count). The van der Waals surface area contributed by atoms with Gasteiger partial charge in [-0.1, -0.05) is 157 Å². The molecule has 0 saturated carbocycles. The lowest BCUT2D eigenvalue weighted by atomic mass is 9.97. The molecule has 0 spiro atoms. The first-order valence-electron chi connectivity index (χ1n) is 18.2. The maximum Gasteiger partial charge on any atom is 0.308 e. The molecule has 0 aromatic carbocycles. The van der Waals surface area contributed by atoms with E-state index in [1.807, 2.05) is 0 Å². The fourth-order valence-corrected chi connectivity index (χ4v) is 5.48. The molecule has 0 heterocycles. The number of hydrogen-bond donors (Lipinski definition) is 0. The highest BCUT2D eigenvalue weighted by atomic mass is 16.5. The maximum atomic E-state index is 12.3. The van der Waals surface area contributed by atoms with Crippen LogP contribution in [0.5, 0.6) is 0 Å². The Labute approximate surface area is 256 Å². The van der Waals surface area contributed by atoms with Gasteiger partial charge in [-0.15, -0.1) is 0 Å². The lowest BCUT2D eigenvalue weighted by Gasteiger charge is -2.14. The number of ether oxygens (including phenoxy) is 2. The van der Waals surface area contributed by atoms with Crippen LogP contribution >= 0.6 is 0 Å². The predicted octanol–water partition coefficient (Wildman–Crippen LogP) is 11.8. The van der Waals surface area contributed by atoms with Crippen molar-refractivity contribution in [3.63, 3.8) is 0 Å². The Hall–Kier alpha value is -1.06. The van der Waals surface area contributed by atoms with Crippen LogP contribution in [0.15, 0.2) is 0 Å². The number of rotatable bonds is 31. The van der Waals surface area contributed by atoms with Crippen LogP contribution in [0.25, 0.3) is 0 Å². The number of carbonyl (C=O) groups excluding carboxylic acids is 2. The zero-order chi connectivity index (χ0) is 30.4. The molecule has 0 aliphatic heterocycles. The van der Waals surface area contributed by atoms with Gasteiger partial charge in [0.1, 0.15) is 0 Å². The lowest BCUT2D eigenvalue weighted by Crippen LogP contribution is -2.17. The molecule has 1 unspecified atom stereocenters. The molecule has 0 saturated heterocycles. The molecule has 0 amide bonds. The SMILES string of the molecule is CCC(CCCCCCCCCCCCCCCCC(=O)OCCCCCC(C)C)C(=O)OCCCCCC(C)C. The molecule has 0 aromatic rings. The van der Waals surface area contributed by atoms with Crippen LogP contribution in [-0.4, -0.2) is 25.2 Å². The summed E-state index contributed by atoms with van der Waals surface area (Å²) >= 11 is 0. The zero-order valence-electron chi connectivity index (χ0n) is 28.5. The highest BCUT2D eigenvalue weighted by Gasteiger charge is 2.17. The standard InChI is InChI=1S/C37H72O4/c1-6-35(37(39)41-32-26-20-22-28-34(4)5)29-23-17-15-13-11-9-7-8-10-12-14-16-18-24-30-36(38)40-31-25-19-21-27-33(2)3/h33-35H,6-32H2,1-5H3. The molecule has 244 valence electrons. The molecular weight excluding hydrogens is 508 g/mol. The van der Waals surface area contributed by atoms with Crippen molar-refractivity contribution in [1.82, 2.24) is 0 Å². The van der Waals surface area contributed by atoms with Crippen LogP contribution < -0.4 is 0 Å². The highest BCUT2D eigenvalue weighted by Crippen LogP contribution is 2.18. The van der Waals surface area contributed by atoms with E-state index in [2.05, 4.69) is 34.6 Å². The van der Waals surface area contributed by atoms with Crippen molar-refractivity contribution >= 4 is 11.9 Å². The van der Waals surface area contributed by atoms with Gasteiger partial charge in [-0.05, 0) is 43.9 Å². The number of unbranched alkanes of at least 4 members (excludes halogenated alkanes) is 17. The maximum absolute atomic E-state index is 12.3. The summed E-state index contributed by atoms with van der Waals surface area (Å²) in [5, 5.41) is 0. The molecule has 41 heavy (non-hydrogen) atoms. The Morgan fingerprint density at radius 2 is 0.829 bits per heavy atom. The molecule has 0 radical (unpaired) electrons. The van der Waals surface area contributed by atoms with Crippen LogP contribution in [0, 0.1) is 17.8 Å². The fraction of sp³-hybridized carbons (Fsp3) is 0.946. The summed E-state index contributed by atoms with van der Waals surface area (Å²) in [6.45, 7) is 12.4. The van der Waals surface area contributed by atoms with Gasteiger partial charge in [-0.25, -0.2) is 0 Å². The van der Waals surface area contributed by atoms with E-state index in [9.17, 15) is 9.59 Å². The number of hydrogen-bond acceptors (Lipinski definition) is 4. The smallest absolute Gasteiger partial charge is 0.308 e. The predicted molar refractivity (Wildman–Crippen MR) is 176 cm³/mol. The van der Waals surface area contributed by atoms with Crippen molar-refractivity contribution in [2.45, 2.75) is 195 Å². The van der Waals surface area contributed by atoms with Gasteiger partial charge in [0.05, 0.1) is 19.1 Å². The summed E-state index contributed by atoms with van der Waals surface area (Å²) < 4.78 is 10.9. The minimum atomic E-state index is -0.00251. The molecule has 0 aliphatic rings. The van der Waals surface area contributed by atoms with Gasteiger partial charge in [-0.2, -0.15) is 0 Å². The first-order valence-corrected chi connectivity index (χ1v) is 18.2. The third-order valence-electron chi connectivity index (χ3n) is 8.37. The van der Waals surface area contributed by atoms with E-state index in [0.717, 1.165) is 56.8 Å². The van der Waals surface area contributed by atoms with E-state index in [4.69, 9.17) is 9.47 Å². The first kappa shape index (κ1) is 39.9. The summed E-state index contributed by atoms with van der Waals surface area (Å²) in [6, 6.07) is 0. The van der Waals surface area contributed by atoms with Gasteiger partial charge in [0.25, 0.3) is 0 Å². The van der Waals surface area contributed by atoms with E-state index in [1.54, 1.807) is 0 Å². The van der Waals surface area contributed by atoms with E-state index < -0.39 is 0 Å². The van der Waals surface area contributed by atoms with Crippen LogP contribution in [-0.2, 0) is 19.1 Å². The molecule has 0 aliphatic carbocycles. The molecular formula is C37H72O4. The second kappa shape index (κ2) is 30.4. The van der Waals surface area contributed by atoms with E-state index >= 15 is 0 Å². The highest BCUT2D eigenvalue weighted by molar-refractivity contribution is 5.72. The number of esters is 2. The third-order valence-corrected chi connectivity index (χ3v) is 8.37. The minimum Gasteiger partial charge on any atom is -0.466 e. The van der Waals surface area contributed by atoms with Crippen molar-refractivity contribution in [3.05, 3.63) is 0 Å². The first-order chi connectivity index (χ1) is 19.9.